The maximum absolute atomic E-state index is 8.81. The maximum atomic E-state index is 8.81. The molecule has 1 aromatic rings. The Kier molecular flexibility index (Phi) is 15.9. The van der Waals surface area contributed by atoms with E-state index in [1.54, 1.807) is 0 Å². The van der Waals surface area contributed by atoms with Gasteiger partial charge in [-0.3, -0.25) is 4.90 Å². The smallest absolute Gasteiger partial charge is 0.0445 e. The van der Waals surface area contributed by atoms with Gasteiger partial charge >= 0.3 is 0 Å². The summed E-state index contributed by atoms with van der Waals surface area (Å²) in [6, 6.07) is 11.5. The minimum absolute atomic E-state index is 0.248. The second-order valence-corrected chi connectivity index (χ2v) is 6.17. The molecule has 4 nitrogen and oxygen atoms in total. The fourth-order valence-corrected chi connectivity index (χ4v) is 3.18. The van der Waals surface area contributed by atoms with Gasteiger partial charge in [0.05, 0.1) is 0 Å². The van der Waals surface area contributed by atoms with Gasteiger partial charge in [0.25, 0.3) is 0 Å². The number of nitrogens with one attached hydrogen (secondary N) is 2. The lowest BCUT2D eigenvalue weighted by molar-refractivity contribution is 0.264. The first-order chi connectivity index (χ1) is 12.2. The van der Waals surface area contributed by atoms with Gasteiger partial charge in [-0.2, -0.15) is 0 Å². The maximum Gasteiger partial charge on any atom is 0.0445 e. The molecule has 0 unspecified atom stereocenters. The standard InChI is InChI=1S/C11H17NO.C8H18N2.C2H6/c1-12-11(7-8-13)9-10-5-3-2-4-6-10;1-3-10-6-4-5-8(10)7-9-2;1-2/h2-6,11-13H,7-9H2,1H3;8-9H,3-7H2,1-2H3;1-2H3/t11-;8-;/m11./s1. The Labute approximate surface area is 156 Å². The summed E-state index contributed by atoms with van der Waals surface area (Å²) in [5.74, 6) is 0. The van der Waals surface area contributed by atoms with Crippen molar-refractivity contribution in [2.24, 2.45) is 0 Å². The molecule has 2 rings (SSSR count). The van der Waals surface area contributed by atoms with Crippen LogP contribution in [0, 0.1) is 0 Å². The van der Waals surface area contributed by atoms with E-state index in [2.05, 4.69) is 34.6 Å². The lowest BCUT2D eigenvalue weighted by Crippen LogP contribution is -2.36. The molecule has 0 saturated carbocycles. The molecule has 0 radical (unpaired) electrons. The quantitative estimate of drug-likeness (QED) is 0.674. The van der Waals surface area contributed by atoms with Gasteiger partial charge in [-0.05, 0) is 58.4 Å². The number of rotatable bonds is 8. The zero-order chi connectivity index (χ0) is 18.9. The Morgan fingerprint density at radius 2 is 1.88 bits per heavy atom. The second kappa shape index (κ2) is 16.5. The molecule has 0 bridgehead atoms. The Hall–Kier alpha value is -0.940. The molecular formula is C21H41N3O. The van der Waals surface area contributed by atoms with Crippen LogP contribution in [0.4, 0.5) is 0 Å². The number of likely N-dealkylation sites (tertiary alicyclic amines) is 1. The highest BCUT2D eigenvalue weighted by Crippen LogP contribution is 2.15. The number of aliphatic hydroxyl groups is 1. The van der Waals surface area contributed by atoms with Crippen LogP contribution in [0.3, 0.4) is 0 Å². The first-order valence-electron chi connectivity index (χ1n) is 9.95. The van der Waals surface area contributed by atoms with E-state index >= 15 is 0 Å². The average molecular weight is 352 g/mol. The molecule has 1 heterocycles. The number of aliphatic hydroxyl groups excluding tert-OH is 1. The number of hydrogen-bond donors (Lipinski definition) is 3. The van der Waals surface area contributed by atoms with Gasteiger partial charge in [-0.1, -0.05) is 51.1 Å². The van der Waals surface area contributed by atoms with Gasteiger partial charge < -0.3 is 15.7 Å². The minimum Gasteiger partial charge on any atom is -0.396 e. The summed E-state index contributed by atoms with van der Waals surface area (Å²) in [4.78, 5) is 2.55. The Morgan fingerprint density at radius 3 is 2.40 bits per heavy atom. The largest absolute Gasteiger partial charge is 0.396 e. The molecule has 2 atom stereocenters. The Morgan fingerprint density at radius 1 is 1.20 bits per heavy atom. The topological polar surface area (TPSA) is 47.5 Å². The third-order valence-electron chi connectivity index (χ3n) is 4.56. The molecule has 1 aliphatic rings. The monoisotopic (exact) mass is 351 g/mol. The van der Waals surface area contributed by atoms with Crippen LogP contribution in [0.15, 0.2) is 30.3 Å². The molecule has 1 aliphatic heterocycles. The van der Waals surface area contributed by atoms with E-state index in [4.69, 9.17) is 5.11 Å². The average Bonchev–Trinajstić information content (AvgIpc) is 3.12. The lowest BCUT2D eigenvalue weighted by atomic mass is 10.0. The summed E-state index contributed by atoms with van der Waals surface area (Å²) in [5, 5.41) is 15.2. The Balaban J connectivity index is 0.000000430. The van der Waals surface area contributed by atoms with E-state index in [1.807, 2.05) is 46.1 Å². The summed E-state index contributed by atoms with van der Waals surface area (Å²) >= 11 is 0. The SMILES string of the molecule is CC.CCN1CCC[C@@H]1CNC.CN[C@H](CCO)Cc1ccccc1. The molecule has 0 spiro atoms. The minimum atomic E-state index is 0.248. The van der Waals surface area contributed by atoms with Crippen LogP contribution in [-0.4, -0.2) is 62.4 Å². The van der Waals surface area contributed by atoms with Gasteiger partial charge in [-0.15, -0.1) is 0 Å². The van der Waals surface area contributed by atoms with Gasteiger partial charge in [-0.25, -0.2) is 0 Å². The second-order valence-electron chi connectivity index (χ2n) is 6.17. The lowest BCUT2D eigenvalue weighted by Gasteiger charge is -2.21. The van der Waals surface area contributed by atoms with Crippen LogP contribution < -0.4 is 10.6 Å². The van der Waals surface area contributed by atoms with Crippen LogP contribution in [0.1, 0.15) is 45.6 Å². The molecule has 4 heteroatoms. The third-order valence-corrected chi connectivity index (χ3v) is 4.56. The van der Waals surface area contributed by atoms with E-state index < -0.39 is 0 Å². The van der Waals surface area contributed by atoms with Crippen molar-refractivity contribution in [3.63, 3.8) is 0 Å². The summed E-state index contributed by atoms with van der Waals surface area (Å²) in [7, 11) is 3.97. The predicted octanol–water partition coefficient (Wildman–Crippen LogP) is 2.92. The van der Waals surface area contributed by atoms with Gasteiger partial charge in [0.1, 0.15) is 0 Å². The van der Waals surface area contributed by atoms with Crippen LogP contribution >= 0.6 is 0 Å². The van der Waals surface area contributed by atoms with Crippen molar-refractivity contribution >= 4 is 0 Å². The number of nitrogens with zero attached hydrogens (tertiary/aromatic N) is 1. The van der Waals surface area contributed by atoms with E-state index in [0.29, 0.717) is 6.04 Å². The van der Waals surface area contributed by atoms with Crippen molar-refractivity contribution in [1.29, 1.82) is 0 Å². The van der Waals surface area contributed by atoms with Crippen molar-refractivity contribution in [1.82, 2.24) is 15.5 Å². The van der Waals surface area contributed by atoms with E-state index in [0.717, 1.165) is 25.4 Å². The zero-order valence-electron chi connectivity index (χ0n) is 17.1. The highest BCUT2D eigenvalue weighted by atomic mass is 16.3. The van der Waals surface area contributed by atoms with Crippen LogP contribution in [-0.2, 0) is 6.42 Å². The normalized spacial score (nSPS) is 17.9. The van der Waals surface area contributed by atoms with Crippen LogP contribution in [0.2, 0.25) is 0 Å². The number of likely N-dealkylation sites (N-methyl/N-ethyl adjacent to an activating group) is 3. The van der Waals surface area contributed by atoms with E-state index in [9.17, 15) is 0 Å². The highest BCUT2D eigenvalue weighted by molar-refractivity contribution is 5.15. The Bertz CT molecular complexity index is 386. The summed E-state index contributed by atoms with van der Waals surface area (Å²) in [5.41, 5.74) is 1.32. The van der Waals surface area contributed by atoms with E-state index in [-0.39, 0.29) is 6.61 Å². The molecule has 1 saturated heterocycles. The van der Waals surface area contributed by atoms with Crippen molar-refractivity contribution in [2.45, 2.75) is 58.5 Å². The zero-order valence-corrected chi connectivity index (χ0v) is 17.1. The molecule has 3 N–H and O–H groups in total. The molecule has 1 aromatic carbocycles. The van der Waals surface area contributed by atoms with Crippen LogP contribution in [0.5, 0.6) is 0 Å². The molecular weight excluding hydrogens is 310 g/mol. The summed E-state index contributed by atoms with van der Waals surface area (Å²) < 4.78 is 0. The van der Waals surface area contributed by atoms with Crippen molar-refractivity contribution in [3.8, 4) is 0 Å². The van der Waals surface area contributed by atoms with Crippen molar-refractivity contribution in [3.05, 3.63) is 35.9 Å². The fraction of sp³-hybridized carbons (Fsp3) is 0.714. The van der Waals surface area contributed by atoms with Gasteiger partial charge in [0.2, 0.25) is 0 Å². The summed E-state index contributed by atoms with van der Waals surface area (Å²) in [6.07, 6.45) is 4.57. The van der Waals surface area contributed by atoms with Crippen molar-refractivity contribution < 1.29 is 5.11 Å². The van der Waals surface area contributed by atoms with Crippen molar-refractivity contribution in [2.75, 3.05) is 40.3 Å². The molecule has 146 valence electrons. The number of hydrogen-bond acceptors (Lipinski definition) is 4. The molecule has 25 heavy (non-hydrogen) atoms. The molecule has 1 fully saturated rings. The first-order valence-corrected chi connectivity index (χ1v) is 9.95. The molecule has 0 amide bonds. The third kappa shape index (κ3) is 10.6. The van der Waals surface area contributed by atoms with E-state index in [1.165, 1.54) is 31.5 Å². The highest BCUT2D eigenvalue weighted by Gasteiger charge is 2.21. The predicted molar refractivity (Wildman–Crippen MR) is 110 cm³/mol. The van der Waals surface area contributed by atoms with Gasteiger partial charge in [0, 0.05) is 25.2 Å². The van der Waals surface area contributed by atoms with Crippen LogP contribution in [0.25, 0.3) is 0 Å². The fourth-order valence-electron chi connectivity index (χ4n) is 3.18. The number of benzene rings is 1. The summed E-state index contributed by atoms with van der Waals surface area (Å²) in [6.45, 7) is 10.2. The van der Waals surface area contributed by atoms with Gasteiger partial charge in [0.15, 0.2) is 0 Å². The molecule has 0 aliphatic carbocycles. The molecule has 0 aromatic heterocycles. The first kappa shape index (κ1) is 24.1.